The zero-order valence-corrected chi connectivity index (χ0v) is 26.1. The molecule has 14 heteroatoms. The van der Waals surface area contributed by atoms with Gasteiger partial charge in [0.15, 0.2) is 12.1 Å². The molecule has 0 amide bonds. The van der Waals surface area contributed by atoms with Crippen molar-refractivity contribution in [1.29, 1.82) is 5.26 Å². The fourth-order valence-electron chi connectivity index (χ4n) is 6.63. The number of likely N-dealkylation sites (tertiary alicyclic amines) is 1. The number of aryl methyl sites for hydroxylation is 1. The summed E-state index contributed by atoms with van der Waals surface area (Å²) in [7, 11) is 1.79. The molecule has 1 saturated carbocycles. The number of rotatable bonds is 9. The number of pyridine rings is 1. The Labute approximate surface area is 273 Å². The highest BCUT2D eigenvalue weighted by molar-refractivity contribution is 5.84. The molecule has 4 aromatic rings. The van der Waals surface area contributed by atoms with Crippen molar-refractivity contribution in [2.75, 3.05) is 29.9 Å². The van der Waals surface area contributed by atoms with E-state index >= 15 is 0 Å². The van der Waals surface area contributed by atoms with Crippen molar-refractivity contribution in [3.63, 3.8) is 0 Å². The number of aliphatic hydroxyl groups excluding tert-OH is 1. The van der Waals surface area contributed by atoms with Gasteiger partial charge in [-0.2, -0.15) is 18.4 Å². The Morgan fingerprint density at radius 3 is 2.58 bits per heavy atom. The zero-order chi connectivity index (χ0) is 33.8. The number of nitrogens with zero attached hydrogens (tertiary/aromatic N) is 7. The first kappa shape index (κ1) is 32.0. The van der Waals surface area contributed by atoms with Crippen molar-refractivity contribution in [1.82, 2.24) is 24.6 Å². The smallest absolute Gasteiger partial charge is 0.370 e. The number of nitriles is 1. The zero-order valence-electron chi connectivity index (χ0n) is 26.1. The number of fused-ring (bicyclic) bond motifs is 1. The second-order valence-corrected chi connectivity index (χ2v) is 12.9. The summed E-state index contributed by atoms with van der Waals surface area (Å²) in [6.45, 7) is -0.205. The van der Waals surface area contributed by atoms with E-state index in [9.17, 15) is 32.3 Å². The van der Waals surface area contributed by atoms with Crippen molar-refractivity contribution in [3.05, 3.63) is 76.6 Å². The minimum atomic E-state index is -4.74. The molecule has 3 aliphatic rings. The minimum Gasteiger partial charge on any atom is -0.370 e. The summed E-state index contributed by atoms with van der Waals surface area (Å²) in [6, 6.07) is 13.3. The second kappa shape index (κ2) is 12.1. The number of hydrogen-bond acceptors (Lipinski definition) is 8. The molecule has 2 aromatic heterocycles. The molecule has 250 valence electrons. The highest BCUT2D eigenvalue weighted by atomic mass is 19.4. The third-order valence-corrected chi connectivity index (χ3v) is 9.28. The molecule has 0 radical (unpaired) electrons. The third-order valence-electron chi connectivity index (χ3n) is 9.28. The Morgan fingerprint density at radius 1 is 1.10 bits per heavy atom. The highest BCUT2D eigenvalue weighted by Crippen LogP contribution is 2.45. The number of aliphatic hydroxyl groups is 1. The second-order valence-electron chi connectivity index (χ2n) is 12.9. The van der Waals surface area contributed by atoms with E-state index in [2.05, 4.69) is 21.6 Å². The molecule has 1 atom stereocenters. The van der Waals surface area contributed by atoms with Crippen molar-refractivity contribution in [3.8, 4) is 28.6 Å². The average Bonchev–Trinajstić information content (AvgIpc) is 3.53. The molecule has 9 nitrogen and oxygen atoms in total. The van der Waals surface area contributed by atoms with Crippen molar-refractivity contribution in [2.24, 2.45) is 13.0 Å². The van der Waals surface area contributed by atoms with Crippen LogP contribution >= 0.6 is 0 Å². The Bertz CT molecular complexity index is 1900. The van der Waals surface area contributed by atoms with E-state index in [0.717, 1.165) is 12.5 Å². The van der Waals surface area contributed by atoms with Gasteiger partial charge in [0.05, 0.1) is 23.7 Å². The number of benzene rings is 2. The van der Waals surface area contributed by atoms with Gasteiger partial charge in [-0.3, -0.25) is 4.90 Å². The maximum Gasteiger partial charge on any atom is 0.416 e. The molecule has 2 N–H and O–H groups in total. The molecular formula is C34H33F5N8O. The number of aromatic nitrogens is 4. The Balaban J connectivity index is 1.29. The van der Waals surface area contributed by atoms with E-state index in [1.54, 1.807) is 42.2 Å². The Kier molecular flexibility index (Phi) is 8.07. The van der Waals surface area contributed by atoms with Crippen LogP contribution < -0.4 is 10.2 Å². The summed E-state index contributed by atoms with van der Waals surface area (Å²) in [6.07, 6.45) is -1.73. The van der Waals surface area contributed by atoms with Crippen molar-refractivity contribution < 1.29 is 27.1 Å². The van der Waals surface area contributed by atoms with Crippen LogP contribution in [0.15, 0.2) is 48.8 Å². The number of hydrogen-bond donors (Lipinski definition) is 2. The van der Waals surface area contributed by atoms with Crippen LogP contribution in [0.2, 0.25) is 0 Å². The molecule has 1 unspecified atom stereocenters. The number of halogens is 5. The first-order valence-corrected chi connectivity index (χ1v) is 15.8. The van der Waals surface area contributed by atoms with Crippen LogP contribution in [-0.4, -0.2) is 55.3 Å². The maximum atomic E-state index is 14.5. The summed E-state index contributed by atoms with van der Waals surface area (Å²) in [5.41, 5.74) is 1.57. The summed E-state index contributed by atoms with van der Waals surface area (Å²) >= 11 is 0. The van der Waals surface area contributed by atoms with E-state index in [0.29, 0.717) is 46.4 Å². The lowest BCUT2D eigenvalue weighted by atomic mass is 9.97. The number of nitrogens with one attached hydrogen (secondary N) is 1. The van der Waals surface area contributed by atoms with Gasteiger partial charge in [0.25, 0.3) is 5.92 Å². The maximum absolute atomic E-state index is 14.5. The van der Waals surface area contributed by atoms with E-state index < -0.39 is 30.4 Å². The Morgan fingerprint density at radius 2 is 1.92 bits per heavy atom. The average molecular weight is 665 g/mol. The third kappa shape index (κ3) is 6.44. The fourth-order valence-corrected chi connectivity index (χ4v) is 6.63. The largest absolute Gasteiger partial charge is 0.416 e. The summed E-state index contributed by atoms with van der Waals surface area (Å²) < 4.78 is 72.8. The molecule has 4 heterocycles. The van der Waals surface area contributed by atoms with Crippen LogP contribution in [0.4, 0.5) is 33.6 Å². The van der Waals surface area contributed by atoms with Gasteiger partial charge in [-0.1, -0.05) is 12.8 Å². The molecular weight excluding hydrogens is 631 g/mol. The van der Waals surface area contributed by atoms with Crippen LogP contribution in [0.1, 0.15) is 59.7 Å². The topological polar surface area (TPSA) is 106 Å². The van der Waals surface area contributed by atoms with Gasteiger partial charge < -0.3 is 19.9 Å². The number of anilines is 2. The van der Waals surface area contributed by atoms with Crippen LogP contribution in [0.3, 0.4) is 0 Å². The van der Waals surface area contributed by atoms with Crippen LogP contribution in [-0.2, 0) is 26.3 Å². The Hall–Kier alpha value is -4.61. The molecule has 7 rings (SSSR count). The molecule has 2 aliphatic heterocycles. The van der Waals surface area contributed by atoms with E-state index in [1.807, 2.05) is 6.07 Å². The van der Waals surface area contributed by atoms with Crippen molar-refractivity contribution in [2.45, 2.75) is 57.1 Å². The molecule has 0 spiro atoms. The van der Waals surface area contributed by atoms with Gasteiger partial charge in [0.1, 0.15) is 18.0 Å². The standard InChI is InChI=1S/C34H33F5N8O/c1-45-19-42-44-31(45)24-5-4-21(15-40)10-25(24)23-13-29(41-8-6-20-2-3-20)43-30(14-23)47-17-27-26(32(47)48)11-22(12-28(27)34(37,38)39)16-46-9-7-33(35,36)18-46/h4-5,10-14,19-20,32,48H,2-3,6-9,16-18H2,1H3,(H,41,43). The predicted octanol–water partition coefficient (Wildman–Crippen LogP) is 6.50. The lowest BCUT2D eigenvalue weighted by molar-refractivity contribution is -0.138. The molecule has 1 aliphatic carbocycles. The fraction of sp³-hybridized carbons (Fsp3) is 0.412. The van der Waals surface area contributed by atoms with Crippen LogP contribution in [0.25, 0.3) is 22.5 Å². The van der Waals surface area contributed by atoms with Crippen LogP contribution in [0, 0.1) is 17.2 Å². The van der Waals surface area contributed by atoms with Gasteiger partial charge in [-0.25, -0.2) is 13.8 Å². The van der Waals surface area contributed by atoms with Gasteiger partial charge >= 0.3 is 6.18 Å². The van der Waals surface area contributed by atoms with E-state index in [-0.39, 0.29) is 48.6 Å². The summed E-state index contributed by atoms with van der Waals surface area (Å²) in [4.78, 5) is 7.57. The monoisotopic (exact) mass is 664 g/mol. The van der Waals surface area contributed by atoms with E-state index in [1.165, 1.54) is 28.7 Å². The van der Waals surface area contributed by atoms with Gasteiger partial charge in [-0.05, 0) is 77.1 Å². The van der Waals surface area contributed by atoms with Gasteiger partial charge in [0.2, 0.25) is 0 Å². The van der Waals surface area contributed by atoms with Gasteiger partial charge in [0, 0.05) is 50.8 Å². The summed E-state index contributed by atoms with van der Waals surface area (Å²) in [5.74, 6) is -1.01. The predicted molar refractivity (Wildman–Crippen MR) is 168 cm³/mol. The molecule has 0 bridgehead atoms. The quantitative estimate of drug-likeness (QED) is 0.196. The lowest BCUT2D eigenvalue weighted by Gasteiger charge is -2.24. The SMILES string of the molecule is Cn1cnnc1-c1ccc(C#N)cc1-c1cc(NCCC2CC2)nc(N2Cc3c(cc(CN4CCC(F)(F)C4)cc3C(F)(F)F)C2O)c1. The molecule has 1 saturated heterocycles. The van der Waals surface area contributed by atoms with Crippen LogP contribution in [0.5, 0.6) is 0 Å². The molecule has 2 aromatic carbocycles. The lowest BCUT2D eigenvalue weighted by Crippen LogP contribution is -2.25. The molecule has 2 fully saturated rings. The first-order chi connectivity index (χ1) is 22.9. The van der Waals surface area contributed by atoms with Gasteiger partial charge in [-0.15, -0.1) is 10.2 Å². The minimum absolute atomic E-state index is 0.0625. The van der Waals surface area contributed by atoms with E-state index in [4.69, 9.17) is 4.98 Å². The van der Waals surface area contributed by atoms with Crippen molar-refractivity contribution >= 4 is 11.6 Å². The molecule has 48 heavy (non-hydrogen) atoms. The normalized spacial score (nSPS) is 19.0. The number of alkyl halides is 5. The highest BCUT2D eigenvalue weighted by Gasteiger charge is 2.42. The first-order valence-electron chi connectivity index (χ1n) is 15.8. The summed E-state index contributed by atoms with van der Waals surface area (Å²) in [5, 5.41) is 32.9.